The molecular formula is C31H40ClN5O4. The van der Waals surface area contributed by atoms with Crippen LogP contribution in [0.5, 0.6) is 0 Å². The third-order valence-electron chi connectivity index (χ3n) is 7.08. The second kappa shape index (κ2) is 14.3. The number of hydrogen-bond acceptors (Lipinski definition) is 5. The summed E-state index contributed by atoms with van der Waals surface area (Å²) >= 11 is 5.99. The second-order valence-electron chi connectivity index (χ2n) is 11.2. The normalized spacial score (nSPS) is 16.7. The molecular weight excluding hydrogens is 542 g/mol. The molecule has 4 amide bonds. The van der Waals surface area contributed by atoms with Crippen molar-refractivity contribution < 1.29 is 19.2 Å². The van der Waals surface area contributed by atoms with Gasteiger partial charge in [0.25, 0.3) is 0 Å². The van der Waals surface area contributed by atoms with Gasteiger partial charge in [0.1, 0.15) is 12.1 Å². The van der Waals surface area contributed by atoms with Crippen LogP contribution in [0.4, 0.5) is 0 Å². The van der Waals surface area contributed by atoms with Crippen molar-refractivity contribution >= 4 is 35.2 Å². The first kappa shape index (κ1) is 31.8. The quantitative estimate of drug-likeness (QED) is 0.378. The van der Waals surface area contributed by atoms with Gasteiger partial charge in [0.05, 0.1) is 12.6 Å². The molecule has 1 aliphatic heterocycles. The van der Waals surface area contributed by atoms with E-state index >= 15 is 0 Å². The zero-order valence-corrected chi connectivity index (χ0v) is 25.1. The maximum atomic E-state index is 13.6. The van der Waals surface area contributed by atoms with E-state index in [1.165, 1.54) is 4.90 Å². The SMILES string of the molecule is CN[C@@H](C)C(=O)N[C@H](C(=O)NCC(=O)N1C=CN(CCc2ccc(Cl)cc2)C(=O)[C@@H]1Cc1ccccc1)C(C)(C)C. The smallest absolute Gasteiger partial charge is 0.250 e. The lowest BCUT2D eigenvalue weighted by molar-refractivity contribution is -0.143. The summed E-state index contributed by atoms with van der Waals surface area (Å²) in [4.78, 5) is 55.7. The number of hydrogen-bond donors (Lipinski definition) is 3. The van der Waals surface area contributed by atoms with Crippen molar-refractivity contribution in [2.75, 3.05) is 20.1 Å². The summed E-state index contributed by atoms with van der Waals surface area (Å²) in [6.07, 6.45) is 4.16. The van der Waals surface area contributed by atoms with Crippen LogP contribution >= 0.6 is 11.6 Å². The van der Waals surface area contributed by atoms with E-state index in [0.29, 0.717) is 24.4 Å². The van der Waals surface area contributed by atoms with Gasteiger partial charge in [-0.25, -0.2) is 0 Å². The summed E-state index contributed by atoms with van der Waals surface area (Å²) in [5.41, 5.74) is 1.35. The zero-order valence-electron chi connectivity index (χ0n) is 24.3. The molecule has 0 saturated heterocycles. The van der Waals surface area contributed by atoms with Crippen LogP contribution in [0.25, 0.3) is 0 Å². The Hall–Kier alpha value is -3.69. The van der Waals surface area contributed by atoms with E-state index < -0.39 is 35.4 Å². The van der Waals surface area contributed by atoms with Gasteiger partial charge >= 0.3 is 0 Å². The van der Waals surface area contributed by atoms with Crippen molar-refractivity contribution in [3.8, 4) is 0 Å². The van der Waals surface area contributed by atoms with E-state index in [4.69, 9.17) is 11.6 Å². The summed E-state index contributed by atoms with van der Waals surface area (Å²) in [6, 6.07) is 14.9. The Morgan fingerprint density at radius 1 is 0.951 bits per heavy atom. The largest absolute Gasteiger partial charge is 0.345 e. The average molecular weight is 582 g/mol. The molecule has 3 atom stereocenters. The van der Waals surface area contributed by atoms with E-state index in [-0.39, 0.29) is 18.4 Å². The molecule has 0 fully saturated rings. The van der Waals surface area contributed by atoms with E-state index in [1.54, 1.807) is 31.3 Å². The van der Waals surface area contributed by atoms with Gasteiger partial charge in [-0.3, -0.25) is 19.2 Å². The van der Waals surface area contributed by atoms with Crippen LogP contribution in [0.15, 0.2) is 67.0 Å². The highest BCUT2D eigenvalue weighted by Crippen LogP contribution is 2.21. The van der Waals surface area contributed by atoms with E-state index in [9.17, 15) is 19.2 Å². The van der Waals surface area contributed by atoms with Crippen molar-refractivity contribution in [2.45, 2.75) is 58.7 Å². The Labute approximate surface area is 247 Å². The van der Waals surface area contributed by atoms with Crippen molar-refractivity contribution in [3.63, 3.8) is 0 Å². The molecule has 3 N–H and O–H groups in total. The molecule has 3 rings (SSSR count). The van der Waals surface area contributed by atoms with Crippen molar-refractivity contribution in [1.82, 2.24) is 25.8 Å². The summed E-state index contributed by atoms with van der Waals surface area (Å²) < 4.78 is 0. The lowest BCUT2D eigenvalue weighted by Gasteiger charge is -2.36. The number of benzene rings is 2. The Balaban J connectivity index is 1.73. The molecule has 0 saturated carbocycles. The predicted molar refractivity (Wildman–Crippen MR) is 160 cm³/mol. The van der Waals surface area contributed by atoms with Crippen LogP contribution in [0, 0.1) is 5.41 Å². The molecule has 1 heterocycles. The molecule has 0 aliphatic carbocycles. The number of likely N-dealkylation sites (N-methyl/N-ethyl adjacent to an activating group) is 1. The summed E-state index contributed by atoms with van der Waals surface area (Å²) in [7, 11) is 1.66. The molecule has 10 heteroatoms. The first-order valence-corrected chi connectivity index (χ1v) is 14.1. The third-order valence-corrected chi connectivity index (χ3v) is 7.33. The monoisotopic (exact) mass is 581 g/mol. The van der Waals surface area contributed by atoms with Gasteiger partial charge in [-0.05, 0) is 49.1 Å². The fourth-order valence-electron chi connectivity index (χ4n) is 4.44. The Bertz CT molecular complexity index is 1240. The van der Waals surface area contributed by atoms with Gasteiger partial charge in [-0.2, -0.15) is 0 Å². The number of carbonyl (C=O) groups excluding carboxylic acids is 4. The molecule has 9 nitrogen and oxygen atoms in total. The predicted octanol–water partition coefficient (Wildman–Crippen LogP) is 2.89. The highest BCUT2D eigenvalue weighted by atomic mass is 35.5. The second-order valence-corrected chi connectivity index (χ2v) is 11.7. The van der Waals surface area contributed by atoms with Crippen molar-refractivity contribution in [3.05, 3.63) is 83.1 Å². The molecule has 0 spiro atoms. The maximum absolute atomic E-state index is 13.6. The van der Waals surface area contributed by atoms with Gasteiger partial charge in [-0.1, -0.05) is 74.8 Å². The van der Waals surface area contributed by atoms with Crippen molar-refractivity contribution in [1.29, 1.82) is 0 Å². The number of nitrogens with one attached hydrogen (secondary N) is 3. The molecule has 220 valence electrons. The Morgan fingerprint density at radius 2 is 1.61 bits per heavy atom. The molecule has 0 bridgehead atoms. The minimum Gasteiger partial charge on any atom is -0.345 e. The minimum atomic E-state index is -0.861. The van der Waals surface area contributed by atoms with Gasteiger partial charge in [-0.15, -0.1) is 0 Å². The van der Waals surface area contributed by atoms with Crippen LogP contribution in [0.3, 0.4) is 0 Å². The molecule has 0 unspecified atom stereocenters. The van der Waals surface area contributed by atoms with Crippen molar-refractivity contribution in [2.24, 2.45) is 5.41 Å². The first-order valence-electron chi connectivity index (χ1n) is 13.7. The van der Waals surface area contributed by atoms with Crippen LogP contribution in [0.1, 0.15) is 38.8 Å². The first-order chi connectivity index (χ1) is 19.4. The molecule has 1 aliphatic rings. The molecule has 2 aromatic carbocycles. The summed E-state index contributed by atoms with van der Waals surface area (Å²) in [6.45, 7) is 7.33. The van der Waals surface area contributed by atoms with Gasteiger partial charge < -0.3 is 25.8 Å². The average Bonchev–Trinajstić information content (AvgIpc) is 2.95. The highest BCUT2D eigenvalue weighted by Gasteiger charge is 2.37. The highest BCUT2D eigenvalue weighted by molar-refractivity contribution is 6.30. The number of rotatable bonds is 11. The van der Waals surface area contributed by atoms with Crippen LogP contribution < -0.4 is 16.0 Å². The lowest BCUT2D eigenvalue weighted by Crippen LogP contribution is -2.58. The van der Waals surface area contributed by atoms with E-state index in [0.717, 1.165) is 11.1 Å². The van der Waals surface area contributed by atoms with Gasteiger partial charge in [0.2, 0.25) is 23.6 Å². The Kier molecular flexibility index (Phi) is 11.1. The number of halogens is 1. The summed E-state index contributed by atoms with van der Waals surface area (Å²) in [5.74, 6) is -1.42. The van der Waals surface area contributed by atoms with E-state index in [1.807, 2.05) is 75.4 Å². The van der Waals surface area contributed by atoms with Gasteiger partial charge in [0, 0.05) is 30.4 Å². The van der Waals surface area contributed by atoms with Crippen LogP contribution in [-0.4, -0.2) is 71.7 Å². The van der Waals surface area contributed by atoms with Gasteiger partial charge in [0.15, 0.2) is 0 Å². The maximum Gasteiger partial charge on any atom is 0.250 e. The number of amides is 4. The van der Waals surface area contributed by atoms with Crippen LogP contribution in [0.2, 0.25) is 5.02 Å². The minimum absolute atomic E-state index is 0.203. The molecule has 2 aromatic rings. The molecule has 0 radical (unpaired) electrons. The number of carbonyl (C=O) groups is 4. The van der Waals surface area contributed by atoms with Crippen LogP contribution in [-0.2, 0) is 32.0 Å². The third kappa shape index (κ3) is 8.90. The number of nitrogens with zero attached hydrogens (tertiary/aromatic N) is 2. The lowest BCUT2D eigenvalue weighted by atomic mass is 9.86. The topological polar surface area (TPSA) is 111 Å². The van der Waals surface area contributed by atoms with E-state index in [2.05, 4.69) is 16.0 Å². The fraction of sp³-hybridized carbons (Fsp3) is 0.419. The fourth-order valence-corrected chi connectivity index (χ4v) is 4.56. The molecule has 0 aromatic heterocycles. The Morgan fingerprint density at radius 3 is 2.22 bits per heavy atom. The standard InChI is InChI=1S/C31H40ClN5O4/c1-21(33-5)28(39)35-27(31(2,3)4)29(40)34-20-26(38)37-18-17-36(16-15-22-11-13-24(32)14-12-22)30(41)25(37)19-23-9-7-6-8-10-23/h6-14,17-18,21,25,27,33H,15-16,19-20H2,1-5H3,(H,34,40)(H,35,39)/t21-,25-,27+/m0/s1. The molecule has 41 heavy (non-hydrogen) atoms. The summed E-state index contributed by atoms with van der Waals surface area (Å²) in [5, 5.41) is 8.95. The zero-order chi connectivity index (χ0) is 30.2.